The topological polar surface area (TPSA) is 58.6 Å². The van der Waals surface area contributed by atoms with Crippen molar-refractivity contribution >= 4 is 17.7 Å². The number of alkyl carbamates (subject to hydrolysis) is 1. The molecule has 1 unspecified atom stereocenters. The van der Waals surface area contributed by atoms with Gasteiger partial charge in [-0.2, -0.15) is 0 Å². The van der Waals surface area contributed by atoms with E-state index in [2.05, 4.69) is 5.32 Å². The molecule has 0 bridgehead atoms. The van der Waals surface area contributed by atoms with Crippen LogP contribution in [0.25, 0.3) is 0 Å². The van der Waals surface area contributed by atoms with E-state index in [1.54, 1.807) is 0 Å². The molecule has 0 radical (unpaired) electrons. The first-order valence-corrected chi connectivity index (χ1v) is 7.40. The Bertz CT molecular complexity index is 677. The summed E-state index contributed by atoms with van der Waals surface area (Å²) in [7, 11) is 0. The molecule has 0 saturated heterocycles. The summed E-state index contributed by atoms with van der Waals surface area (Å²) in [6, 6.07) is 13.4. The van der Waals surface area contributed by atoms with Gasteiger partial charge in [-0.05, 0) is 23.3 Å². The zero-order valence-electron chi connectivity index (χ0n) is 12.6. The third-order valence-corrected chi connectivity index (χ3v) is 3.40. The maximum atomic E-state index is 13.1. The van der Waals surface area contributed by atoms with E-state index in [0.29, 0.717) is 5.56 Å². The van der Waals surface area contributed by atoms with Crippen LogP contribution in [-0.2, 0) is 17.7 Å². The number of hydrogen-bond acceptors (Lipinski definition) is 3. The fourth-order valence-corrected chi connectivity index (χ4v) is 2.27. The molecule has 2 aromatic rings. The number of ether oxygens (including phenoxy) is 1. The van der Waals surface area contributed by atoms with Gasteiger partial charge in [-0.25, -0.2) is 9.18 Å². The summed E-state index contributed by atoms with van der Waals surface area (Å²) in [4.78, 5) is 11.8. The minimum Gasteiger partial charge on any atom is -0.417 e. The van der Waals surface area contributed by atoms with Gasteiger partial charge in [-0.15, -0.1) is 0 Å². The molecular formula is C17H17ClFNO3. The van der Waals surface area contributed by atoms with Crippen molar-refractivity contribution in [3.8, 4) is 0 Å². The lowest BCUT2D eigenvalue weighted by Gasteiger charge is -2.23. The van der Waals surface area contributed by atoms with E-state index in [9.17, 15) is 14.3 Å². The molecule has 4 nitrogen and oxygen atoms in total. The Morgan fingerprint density at radius 1 is 1.26 bits per heavy atom. The molecule has 0 fully saturated rings. The van der Waals surface area contributed by atoms with Gasteiger partial charge >= 0.3 is 6.09 Å². The highest BCUT2D eigenvalue weighted by Gasteiger charge is 2.26. The Morgan fingerprint density at radius 2 is 1.96 bits per heavy atom. The molecule has 23 heavy (non-hydrogen) atoms. The number of hydrogen-bond donors (Lipinski definition) is 2. The Kier molecular flexibility index (Phi) is 5.58. The van der Waals surface area contributed by atoms with Crippen LogP contribution in [0.2, 0.25) is 5.02 Å². The molecule has 0 aliphatic heterocycles. The number of rotatable bonds is 5. The summed E-state index contributed by atoms with van der Waals surface area (Å²) < 4.78 is 18.1. The number of aliphatic hydroxyl groups is 1. The van der Waals surface area contributed by atoms with Gasteiger partial charge < -0.3 is 15.2 Å². The molecule has 2 rings (SSSR count). The Labute approximate surface area is 138 Å². The van der Waals surface area contributed by atoms with Crippen LogP contribution in [0.15, 0.2) is 48.5 Å². The molecule has 0 aromatic heterocycles. The highest BCUT2D eigenvalue weighted by Crippen LogP contribution is 2.20. The maximum Gasteiger partial charge on any atom is 0.409 e. The fourth-order valence-electron chi connectivity index (χ4n) is 2.07. The molecule has 1 atom stereocenters. The number of benzene rings is 2. The molecule has 2 N–H and O–H groups in total. The minimum absolute atomic E-state index is 0.00818. The number of nitrogens with one attached hydrogen (secondary N) is 1. The van der Waals surface area contributed by atoms with Gasteiger partial charge in [0.2, 0.25) is 5.79 Å². The van der Waals surface area contributed by atoms with Crippen molar-refractivity contribution in [2.24, 2.45) is 0 Å². The molecular weight excluding hydrogens is 321 g/mol. The van der Waals surface area contributed by atoms with Crippen LogP contribution in [0.5, 0.6) is 0 Å². The smallest absolute Gasteiger partial charge is 0.409 e. The number of carbonyl (C=O) groups is 1. The normalized spacial score (nSPS) is 13.2. The summed E-state index contributed by atoms with van der Waals surface area (Å²) in [5.74, 6) is -2.28. The van der Waals surface area contributed by atoms with E-state index in [0.717, 1.165) is 5.56 Å². The highest BCUT2D eigenvalue weighted by molar-refractivity contribution is 6.30. The Balaban J connectivity index is 1.89. The van der Waals surface area contributed by atoms with Crippen LogP contribution >= 0.6 is 11.6 Å². The van der Waals surface area contributed by atoms with Gasteiger partial charge in [0.1, 0.15) is 5.82 Å². The lowest BCUT2D eigenvalue weighted by atomic mass is 10.1. The second kappa shape index (κ2) is 7.44. The van der Waals surface area contributed by atoms with Crippen molar-refractivity contribution in [3.63, 3.8) is 0 Å². The summed E-state index contributed by atoms with van der Waals surface area (Å²) in [6.07, 6.45) is -0.752. The van der Waals surface area contributed by atoms with E-state index >= 15 is 0 Å². The Morgan fingerprint density at radius 3 is 2.61 bits per heavy atom. The number of amides is 1. The van der Waals surface area contributed by atoms with Gasteiger partial charge in [0, 0.05) is 19.9 Å². The zero-order valence-corrected chi connectivity index (χ0v) is 13.3. The van der Waals surface area contributed by atoms with Gasteiger partial charge in [-0.3, -0.25) is 0 Å². The predicted octanol–water partition coefficient (Wildman–Crippen LogP) is 3.66. The van der Waals surface area contributed by atoms with Crippen molar-refractivity contribution in [3.05, 3.63) is 70.5 Å². The van der Waals surface area contributed by atoms with Gasteiger partial charge in [-0.1, -0.05) is 48.0 Å². The lowest BCUT2D eigenvalue weighted by molar-refractivity contribution is -0.145. The zero-order chi connectivity index (χ0) is 16.9. The summed E-state index contributed by atoms with van der Waals surface area (Å²) in [5.41, 5.74) is 1.46. The van der Waals surface area contributed by atoms with Crippen molar-refractivity contribution in [1.29, 1.82) is 0 Å². The van der Waals surface area contributed by atoms with E-state index in [1.165, 1.54) is 25.1 Å². The molecule has 0 spiro atoms. The standard InChI is InChI=1S/C17H17ClFNO3/c1-17(22,10-13-7-8-15(19)14(18)9-13)23-16(21)20-11-12-5-3-2-4-6-12/h2-9,22H,10-11H2,1H3,(H,20,21). The van der Waals surface area contributed by atoms with Crippen LogP contribution in [-0.4, -0.2) is 17.0 Å². The molecule has 1 amide bonds. The van der Waals surface area contributed by atoms with Crippen LogP contribution in [0.1, 0.15) is 18.1 Å². The monoisotopic (exact) mass is 337 g/mol. The van der Waals surface area contributed by atoms with Crippen molar-refractivity contribution in [2.45, 2.75) is 25.7 Å². The van der Waals surface area contributed by atoms with Crippen LogP contribution < -0.4 is 5.32 Å². The third kappa shape index (κ3) is 5.54. The lowest BCUT2D eigenvalue weighted by Crippen LogP contribution is -2.38. The van der Waals surface area contributed by atoms with Crippen molar-refractivity contribution in [1.82, 2.24) is 5.32 Å². The second-order valence-electron chi connectivity index (χ2n) is 5.33. The van der Waals surface area contributed by atoms with Crippen molar-refractivity contribution < 1.29 is 19.0 Å². The van der Waals surface area contributed by atoms with Crippen molar-refractivity contribution in [2.75, 3.05) is 0 Å². The summed E-state index contributed by atoms with van der Waals surface area (Å²) in [5, 5.41) is 12.7. The number of halogens is 2. The number of carbonyl (C=O) groups excluding carboxylic acids is 1. The van der Waals surface area contributed by atoms with Crippen LogP contribution in [0, 0.1) is 5.82 Å². The largest absolute Gasteiger partial charge is 0.417 e. The molecule has 0 saturated carbocycles. The van der Waals surface area contributed by atoms with Gasteiger partial charge in [0.15, 0.2) is 0 Å². The summed E-state index contributed by atoms with van der Waals surface area (Å²) >= 11 is 5.69. The average molecular weight is 338 g/mol. The van der Waals surface area contributed by atoms with E-state index in [4.69, 9.17) is 16.3 Å². The predicted molar refractivity (Wildman–Crippen MR) is 85.5 cm³/mol. The third-order valence-electron chi connectivity index (χ3n) is 3.11. The molecule has 0 heterocycles. The SMILES string of the molecule is CC(O)(Cc1ccc(F)c(Cl)c1)OC(=O)NCc1ccccc1. The molecule has 2 aromatic carbocycles. The first kappa shape index (κ1) is 17.2. The second-order valence-corrected chi connectivity index (χ2v) is 5.74. The van der Waals surface area contributed by atoms with Crippen LogP contribution in [0.3, 0.4) is 0 Å². The average Bonchev–Trinajstić information content (AvgIpc) is 2.49. The minimum atomic E-state index is -1.73. The van der Waals surface area contributed by atoms with Crippen LogP contribution in [0.4, 0.5) is 9.18 Å². The first-order chi connectivity index (χ1) is 10.9. The Hall–Kier alpha value is -2.11. The van der Waals surface area contributed by atoms with Gasteiger partial charge in [0.05, 0.1) is 5.02 Å². The highest BCUT2D eigenvalue weighted by atomic mass is 35.5. The van der Waals surface area contributed by atoms with E-state index < -0.39 is 17.7 Å². The maximum absolute atomic E-state index is 13.1. The molecule has 122 valence electrons. The van der Waals surface area contributed by atoms with E-state index in [-0.39, 0.29) is 18.0 Å². The first-order valence-electron chi connectivity index (χ1n) is 7.03. The fraction of sp³-hybridized carbons (Fsp3) is 0.235. The quantitative estimate of drug-likeness (QED) is 0.819. The summed E-state index contributed by atoms with van der Waals surface area (Å²) in [6.45, 7) is 1.64. The van der Waals surface area contributed by atoms with E-state index in [1.807, 2.05) is 30.3 Å². The molecule has 6 heteroatoms. The van der Waals surface area contributed by atoms with Gasteiger partial charge in [0.25, 0.3) is 0 Å². The molecule has 0 aliphatic rings. The molecule has 0 aliphatic carbocycles.